The normalized spacial score (nSPS) is 35.8. The van der Waals surface area contributed by atoms with Crippen LogP contribution >= 0.6 is 23.5 Å². The minimum absolute atomic E-state index is 0.160. The highest BCUT2D eigenvalue weighted by atomic mass is 31.3. The van der Waals surface area contributed by atoms with E-state index >= 15 is 4.39 Å². The molecule has 2 heterocycles. The van der Waals surface area contributed by atoms with E-state index in [-0.39, 0.29) is 5.82 Å². The average Bonchev–Trinajstić information content (AvgIpc) is 2.96. The van der Waals surface area contributed by atoms with Gasteiger partial charge in [-0.15, -0.1) is 0 Å². The van der Waals surface area contributed by atoms with Gasteiger partial charge >= 0.3 is 29.2 Å². The van der Waals surface area contributed by atoms with Gasteiger partial charge in [0.25, 0.3) is 0 Å². The number of ether oxygens (including phenoxy) is 1. The minimum atomic E-state index is -5.83. The van der Waals surface area contributed by atoms with Crippen LogP contribution in [0, 0.1) is 5.92 Å². The fraction of sp³-hybridized carbons (Fsp3) is 0.667. The Morgan fingerprint density at radius 1 is 1.22 bits per heavy atom. The highest BCUT2D eigenvalue weighted by Crippen LogP contribution is 2.73. The predicted molar refractivity (Wildman–Crippen MR) is 99.2 cm³/mol. The van der Waals surface area contributed by atoms with E-state index in [1.165, 1.54) is 13.8 Å². The quantitative estimate of drug-likeness (QED) is 0.235. The zero-order valence-electron chi connectivity index (χ0n) is 16.2. The molecule has 2 fully saturated rings. The smallest absolute Gasteiger partial charge is 0.383 e. The standard InChI is InChI=1S/C12H19FN3O13P3/c1-5(2)12-9(27-31(22,23)29-32(24,25)28-30(19,20)21)11(12,18)7(13)8(26-12)16-4-3-6(14)15-10(16)17/h3-5,7-9,18H,1-2H3,(H,22,23)(H,24,25)(H2,14,15,17)(H2,19,20,21)/t7-,8+,9?,11+,12+/m0/s1. The van der Waals surface area contributed by atoms with Crippen molar-refractivity contribution >= 4 is 29.3 Å². The largest absolute Gasteiger partial charge is 0.490 e. The number of nitrogens with two attached hydrogens (primary N) is 1. The second kappa shape index (κ2) is 7.73. The average molecular weight is 525 g/mol. The van der Waals surface area contributed by atoms with Gasteiger partial charge in [0.2, 0.25) is 0 Å². The highest BCUT2D eigenvalue weighted by molar-refractivity contribution is 7.66. The van der Waals surface area contributed by atoms with Gasteiger partial charge in [0.05, 0.1) is 0 Å². The Morgan fingerprint density at radius 3 is 2.28 bits per heavy atom. The van der Waals surface area contributed by atoms with Gasteiger partial charge < -0.3 is 35.2 Å². The van der Waals surface area contributed by atoms with E-state index in [1.54, 1.807) is 0 Å². The monoisotopic (exact) mass is 525 g/mol. The molecule has 0 radical (unpaired) electrons. The molecule has 0 amide bonds. The van der Waals surface area contributed by atoms with Crippen molar-refractivity contribution in [3.63, 3.8) is 0 Å². The van der Waals surface area contributed by atoms with Crippen molar-refractivity contribution in [2.75, 3.05) is 5.73 Å². The van der Waals surface area contributed by atoms with Crippen molar-refractivity contribution in [1.82, 2.24) is 9.55 Å². The maximum atomic E-state index is 15.2. The third kappa shape index (κ3) is 4.25. The molecule has 182 valence electrons. The van der Waals surface area contributed by atoms with Gasteiger partial charge in [-0.1, -0.05) is 13.8 Å². The van der Waals surface area contributed by atoms with Crippen LogP contribution in [0.15, 0.2) is 17.1 Å². The van der Waals surface area contributed by atoms with Crippen LogP contribution in [0.25, 0.3) is 0 Å². The number of rotatable bonds is 8. The van der Waals surface area contributed by atoms with E-state index in [0.717, 1.165) is 12.3 Å². The van der Waals surface area contributed by atoms with Crippen LogP contribution in [0.3, 0.4) is 0 Å². The summed E-state index contributed by atoms with van der Waals surface area (Å²) in [6, 6.07) is 1.16. The number of aromatic nitrogens is 2. The predicted octanol–water partition coefficient (Wildman–Crippen LogP) is -0.456. The third-order valence-electron chi connectivity index (χ3n) is 4.96. The number of hydrogen-bond donors (Lipinski definition) is 6. The summed E-state index contributed by atoms with van der Waals surface area (Å²) in [7, 11) is -17.1. The number of phosphoric ester groups is 1. The number of aliphatic hydroxyl groups is 1. The van der Waals surface area contributed by atoms with Crippen LogP contribution in [0.2, 0.25) is 0 Å². The molecule has 1 aliphatic carbocycles. The molecule has 0 bridgehead atoms. The Morgan fingerprint density at radius 2 is 1.81 bits per heavy atom. The summed E-state index contributed by atoms with van der Waals surface area (Å²) in [5.41, 5.74) is -0.286. The molecule has 2 aliphatic rings. The van der Waals surface area contributed by atoms with Crippen molar-refractivity contribution < 1.29 is 60.6 Å². The van der Waals surface area contributed by atoms with Crippen LogP contribution in [0.1, 0.15) is 20.1 Å². The van der Waals surface area contributed by atoms with Gasteiger partial charge in [0, 0.05) is 6.20 Å². The molecule has 3 unspecified atom stereocenters. The topological polar surface area (TPSA) is 250 Å². The number of anilines is 1. The van der Waals surface area contributed by atoms with Crippen molar-refractivity contribution in [1.29, 1.82) is 0 Å². The first kappa shape index (κ1) is 25.6. The van der Waals surface area contributed by atoms with E-state index < -0.39 is 64.8 Å². The molecule has 0 spiro atoms. The van der Waals surface area contributed by atoms with Gasteiger partial charge in [-0.3, -0.25) is 9.09 Å². The van der Waals surface area contributed by atoms with Crippen LogP contribution < -0.4 is 11.4 Å². The van der Waals surface area contributed by atoms with Crippen LogP contribution in [-0.2, 0) is 31.6 Å². The lowest BCUT2D eigenvalue weighted by molar-refractivity contribution is -0.105. The van der Waals surface area contributed by atoms with Crippen LogP contribution in [-0.4, -0.2) is 57.7 Å². The van der Waals surface area contributed by atoms with Crippen LogP contribution in [0.5, 0.6) is 0 Å². The van der Waals surface area contributed by atoms with Crippen LogP contribution in [0.4, 0.5) is 10.2 Å². The summed E-state index contributed by atoms with van der Waals surface area (Å²) in [6.45, 7) is 2.84. The number of nitrogens with zero attached hydrogens (tertiary/aromatic N) is 2. The Hall–Kier alpha value is -1.06. The minimum Gasteiger partial charge on any atom is -0.383 e. The van der Waals surface area contributed by atoms with Gasteiger partial charge in [-0.2, -0.15) is 13.6 Å². The number of halogens is 1. The maximum Gasteiger partial charge on any atom is 0.490 e. The molecule has 16 nitrogen and oxygen atoms in total. The van der Waals surface area contributed by atoms with E-state index in [0.29, 0.717) is 4.57 Å². The van der Waals surface area contributed by atoms with Gasteiger partial charge in [-0.05, 0) is 12.0 Å². The number of nitrogen functional groups attached to an aromatic ring is 1. The molecule has 1 aromatic rings. The Balaban J connectivity index is 1.86. The first-order valence-electron chi connectivity index (χ1n) is 8.57. The van der Waals surface area contributed by atoms with E-state index in [1.807, 2.05) is 0 Å². The molecule has 0 aromatic carbocycles. The molecular formula is C12H19FN3O13P3. The summed E-state index contributed by atoms with van der Waals surface area (Å²) in [6.07, 6.45) is -5.06. The summed E-state index contributed by atoms with van der Waals surface area (Å²) in [5.74, 6) is -0.974. The molecule has 1 saturated heterocycles. The molecule has 20 heteroatoms. The van der Waals surface area contributed by atoms with E-state index in [4.69, 9.17) is 20.3 Å². The zero-order chi connectivity index (χ0) is 24.5. The first-order valence-corrected chi connectivity index (χ1v) is 13.1. The van der Waals surface area contributed by atoms with Gasteiger partial charge in [-0.25, -0.2) is 22.9 Å². The third-order valence-corrected chi connectivity index (χ3v) is 8.76. The Kier molecular flexibility index (Phi) is 6.18. The van der Waals surface area contributed by atoms with E-state index in [2.05, 4.69) is 18.1 Å². The SMILES string of the molecule is CC(C)[C@]12O[C@@H](n3ccc(N)nc3=O)[C@H](F)[C@@]1(O)C2OP(=O)(O)OP(=O)(O)OP(=O)(O)O. The number of hydrogen-bond acceptors (Lipinski definition) is 11. The summed E-state index contributed by atoms with van der Waals surface area (Å²) >= 11 is 0. The van der Waals surface area contributed by atoms with Crippen molar-refractivity contribution in [3.05, 3.63) is 22.7 Å². The second-order valence-corrected chi connectivity index (χ2v) is 11.7. The molecule has 7 atom stereocenters. The molecule has 1 aliphatic heterocycles. The van der Waals surface area contributed by atoms with Crippen molar-refractivity contribution in [2.45, 2.75) is 43.6 Å². The number of fused-ring (bicyclic) bond motifs is 1. The van der Waals surface area contributed by atoms with Gasteiger partial charge in [0.15, 0.2) is 18.0 Å². The summed E-state index contributed by atoms with van der Waals surface area (Å²) in [4.78, 5) is 51.5. The lowest BCUT2D eigenvalue weighted by Crippen LogP contribution is -2.38. The molecule has 1 aromatic heterocycles. The fourth-order valence-corrected chi connectivity index (χ4v) is 6.99. The van der Waals surface area contributed by atoms with E-state index in [9.17, 15) is 33.4 Å². The second-order valence-electron chi connectivity index (χ2n) is 7.30. The summed E-state index contributed by atoms with van der Waals surface area (Å²) in [5, 5.41) is 10.9. The Bertz CT molecular complexity index is 1120. The van der Waals surface area contributed by atoms with Gasteiger partial charge in [0.1, 0.15) is 17.5 Å². The zero-order valence-corrected chi connectivity index (χ0v) is 18.8. The molecule has 32 heavy (non-hydrogen) atoms. The lowest BCUT2D eigenvalue weighted by atomic mass is 10.0. The fourth-order valence-electron chi connectivity index (χ4n) is 3.75. The van der Waals surface area contributed by atoms with Crippen molar-refractivity contribution in [3.8, 4) is 0 Å². The molecule has 7 N–H and O–H groups in total. The number of phosphoric acid groups is 3. The molecular weight excluding hydrogens is 506 g/mol. The van der Waals surface area contributed by atoms with Crippen molar-refractivity contribution in [2.24, 2.45) is 5.92 Å². The number of alkyl halides is 1. The molecule has 1 saturated carbocycles. The Labute approximate surface area is 178 Å². The molecule has 3 rings (SSSR count). The lowest BCUT2D eigenvalue weighted by Gasteiger charge is -2.26. The first-order chi connectivity index (χ1) is 14.4. The summed E-state index contributed by atoms with van der Waals surface area (Å²) < 4.78 is 67.6. The highest BCUT2D eigenvalue weighted by Gasteiger charge is 2.91. The maximum absolute atomic E-state index is 15.2.